The first-order valence-corrected chi connectivity index (χ1v) is 6.21. The molecule has 0 heterocycles. The van der Waals surface area contributed by atoms with Gasteiger partial charge in [0.15, 0.2) is 0 Å². The third-order valence-corrected chi connectivity index (χ3v) is 2.61. The van der Waals surface area contributed by atoms with Gasteiger partial charge in [-0.15, -0.1) is 0 Å². The Balaban J connectivity index is 6.25. The second-order valence-corrected chi connectivity index (χ2v) is 5.06. The maximum Gasteiger partial charge on any atom is 0.474 e. The summed E-state index contributed by atoms with van der Waals surface area (Å²) in [6.07, 6.45) is -14.8. The zero-order valence-electron chi connectivity index (χ0n) is 10.1. The Morgan fingerprint density at radius 1 is 0.583 bits per heavy atom. The van der Waals surface area contributed by atoms with Crippen molar-refractivity contribution in [1.29, 1.82) is 0 Å². The lowest BCUT2D eigenvalue weighted by atomic mass is 9.97. The quantitative estimate of drug-likeness (QED) is 0.511. The summed E-state index contributed by atoms with van der Waals surface area (Å²) in [6, 6.07) is 0. The van der Waals surface area contributed by atoms with Crippen molar-refractivity contribution in [1.82, 2.24) is 0 Å². The molecule has 0 radical (unpaired) electrons. The minimum Gasteiger partial charge on any atom is -0.303 e. The summed E-state index contributed by atoms with van der Waals surface area (Å²) in [5, 5.41) is 0. The van der Waals surface area contributed by atoms with E-state index in [2.05, 4.69) is 0 Å². The molecule has 0 aliphatic carbocycles. The van der Waals surface area contributed by atoms with Crippen LogP contribution in [0.3, 0.4) is 0 Å². The highest BCUT2D eigenvalue weighted by atomic mass is 31.2. The van der Waals surface area contributed by atoms with Crippen LogP contribution in [0.1, 0.15) is 0 Å². The van der Waals surface area contributed by atoms with Crippen LogP contribution >= 0.6 is 7.82 Å². The van der Waals surface area contributed by atoms with Crippen LogP contribution in [0.2, 0.25) is 0 Å². The molecule has 0 amide bonds. The molecule has 0 aromatic rings. The Labute approximate surface area is 121 Å². The SMILES string of the molecule is O=P(O)(O)OC(F)(F)C(F)(F)C(F)(F)C(F)(F)C(F)(F)C(F)(F)F. The Morgan fingerprint density at radius 2 is 0.875 bits per heavy atom. The van der Waals surface area contributed by atoms with Gasteiger partial charge in [-0.25, -0.2) is 9.09 Å². The topological polar surface area (TPSA) is 66.8 Å². The molecule has 0 saturated carbocycles. The average molecular weight is 416 g/mol. The molecular weight excluding hydrogens is 414 g/mol. The van der Waals surface area contributed by atoms with Gasteiger partial charge in [-0.1, -0.05) is 0 Å². The standard InChI is InChI=1S/C6H2F13O4P/c7-1(8,3(11,12)5(15,16)17)2(9,10)4(13,14)6(18,19)23-24(20,21)22/h(H2,20,21,22). The Kier molecular flexibility index (Phi) is 5.42. The van der Waals surface area contributed by atoms with E-state index < -0.39 is 43.8 Å². The second kappa shape index (κ2) is 5.60. The summed E-state index contributed by atoms with van der Waals surface area (Å²) < 4.78 is 173. The number of alkyl halides is 13. The fraction of sp³-hybridized carbons (Fsp3) is 1.00. The zero-order valence-corrected chi connectivity index (χ0v) is 11.0. The van der Waals surface area contributed by atoms with Gasteiger partial charge in [0.05, 0.1) is 0 Å². The van der Waals surface area contributed by atoms with Crippen LogP contribution in [-0.2, 0) is 9.09 Å². The molecule has 0 aromatic carbocycles. The maximum atomic E-state index is 12.8. The second-order valence-electron chi connectivity index (χ2n) is 3.89. The van der Waals surface area contributed by atoms with E-state index in [1.54, 1.807) is 0 Å². The van der Waals surface area contributed by atoms with E-state index in [1.807, 2.05) is 4.52 Å². The van der Waals surface area contributed by atoms with Crippen molar-refractivity contribution in [3.05, 3.63) is 0 Å². The number of rotatable bonds is 6. The summed E-state index contributed by atoms with van der Waals surface area (Å²) in [4.78, 5) is 15.6. The predicted molar refractivity (Wildman–Crippen MR) is 43.9 cm³/mol. The normalized spacial score (nSPS) is 16.5. The number of hydrogen-bond donors (Lipinski definition) is 2. The van der Waals surface area contributed by atoms with E-state index in [9.17, 15) is 61.6 Å². The van der Waals surface area contributed by atoms with E-state index in [1.165, 1.54) is 0 Å². The minimum absolute atomic E-state index is 1.81. The van der Waals surface area contributed by atoms with Gasteiger partial charge in [0.1, 0.15) is 0 Å². The molecule has 0 saturated heterocycles. The fourth-order valence-electron chi connectivity index (χ4n) is 0.962. The number of phosphoric acid groups is 1. The summed E-state index contributed by atoms with van der Waals surface area (Å²) >= 11 is 0. The van der Waals surface area contributed by atoms with E-state index in [-0.39, 0.29) is 0 Å². The Bertz CT molecular complexity index is 519. The third kappa shape index (κ3) is 3.43. The summed E-state index contributed by atoms with van der Waals surface area (Å²) in [5.74, 6) is -32.2. The van der Waals surface area contributed by atoms with Crippen LogP contribution in [0, 0.1) is 0 Å². The maximum absolute atomic E-state index is 12.8. The van der Waals surface area contributed by atoms with Gasteiger partial charge in [0.2, 0.25) is 0 Å². The van der Waals surface area contributed by atoms with E-state index in [4.69, 9.17) is 9.79 Å². The molecule has 4 nitrogen and oxygen atoms in total. The largest absolute Gasteiger partial charge is 0.474 e. The first-order valence-electron chi connectivity index (χ1n) is 4.68. The Morgan fingerprint density at radius 3 is 1.12 bits per heavy atom. The first kappa shape index (κ1) is 23.2. The lowest BCUT2D eigenvalue weighted by molar-refractivity contribution is -0.457. The van der Waals surface area contributed by atoms with Crippen molar-refractivity contribution >= 4 is 7.82 Å². The molecule has 24 heavy (non-hydrogen) atoms. The molecule has 0 rings (SSSR count). The molecule has 18 heteroatoms. The smallest absolute Gasteiger partial charge is 0.303 e. The molecular formula is C6H2F13O4P. The molecule has 0 bridgehead atoms. The molecule has 0 atom stereocenters. The van der Waals surface area contributed by atoms with Crippen LogP contribution in [0.4, 0.5) is 57.1 Å². The van der Waals surface area contributed by atoms with E-state index in [0.717, 1.165) is 0 Å². The molecule has 0 aliphatic rings. The first-order chi connectivity index (χ1) is 9.96. The van der Waals surface area contributed by atoms with Gasteiger partial charge >= 0.3 is 43.8 Å². The molecule has 146 valence electrons. The van der Waals surface area contributed by atoms with Gasteiger partial charge in [-0.05, 0) is 0 Å². The average Bonchev–Trinajstić information content (AvgIpc) is 2.22. The van der Waals surface area contributed by atoms with Crippen molar-refractivity contribution in [3.8, 4) is 0 Å². The van der Waals surface area contributed by atoms with Gasteiger partial charge in [0.25, 0.3) is 0 Å². The fourth-order valence-corrected chi connectivity index (χ4v) is 1.38. The lowest BCUT2D eigenvalue weighted by Crippen LogP contribution is -2.70. The zero-order chi connectivity index (χ0) is 20.2. The van der Waals surface area contributed by atoms with Crippen molar-refractivity contribution in [2.24, 2.45) is 0 Å². The highest BCUT2D eigenvalue weighted by Gasteiger charge is 2.91. The summed E-state index contributed by atoms with van der Waals surface area (Å²) in [5.41, 5.74) is 0. The highest BCUT2D eigenvalue weighted by Crippen LogP contribution is 2.62. The lowest BCUT2D eigenvalue weighted by Gasteiger charge is -2.39. The molecule has 0 aliphatic heterocycles. The van der Waals surface area contributed by atoms with Gasteiger partial charge in [-0.3, -0.25) is 0 Å². The van der Waals surface area contributed by atoms with Gasteiger partial charge in [0, 0.05) is 0 Å². The van der Waals surface area contributed by atoms with Crippen LogP contribution < -0.4 is 0 Å². The van der Waals surface area contributed by atoms with Crippen molar-refractivity contribution in [3.63, 3.8) is 0 Å². The van der Waals surface area contributed by atoms with Crippen LogP contribution in [0.15, 0.2) is 0 Å². The molecule has 2 N–H and O–H groups in total. The minimum atomic E-state index is -8.17. The predicted octanol–water partition coefficient (Wildman–Crippen LogP) is 3.79. The van der Waals surface area contributed by atoms with Crippen molar-refractivity contribution in [2.45, 2.75) is 36.0 Å². The van der Waals surface area contributed by atoms with Gasteiger partial charge in [-0.2, -0.15) is 57.1 Å². The molecule has 0 fully saturated rings. The van der Waals surface area contributed by atoms with E-state index in [0.29, 0.717) is 0 Å². The van der Waals surface area contributed by atoms with Crippen LogP contribution in [0.5, 0.6) is 0 Å². The molecule has 0 spiro atoms. The molecule has 0 aromatic heterocycles. The summed E-state index contributed by atoms with van der Waals surface area (Å²) in [7, 11) is -6.80. The van der Waals surface area contributed by atoms with Gasteiger partial charge < -0.3 is 9.79 Å². The van der Waals surface area contributed by atoms with Crippen LogP contribution in [-0.4, -0.2) is 45.8 Å². The monoisotopic (exact) mass is 416 g/mol. The molecule has 0 unspecified atom stereocenters. The summed E-state index contributed by atoms with van der Waals surface area (Å²) in [6.45, 7) is 0. The van der Waals surface area contributed by atoms with Crippen molar-refractivity contribution < 1.29 is 76.0 Å². The van der Waals surface area contributed by atoms with E-state index >= 15 is 0 Å². The van der Waals surface area contributed by atoms with Crippen LogP contribution in [0.25, 0.3) is 0 Å². The number of hydrogen-bond acceptors (Lipinski definition) is 2. The third-order valence-electron chi connectivity index (χ3n) is 2.14. The number of halogens is 13. The number of phosphoric ester groups is 1. The van der Waals surface area contributed by atoms with Crippen molar-refractivity contribution in [2.75, 3.05) is 0 Å². The Hall–Kier alpha value is -0.800. The highest BCUT2D eigenvalue weighted by molar-refractivity contribution is 7.46.